The molecule has 0 saturated carbocycles. The van der Waals surface area contributed by atoms with Crippen molar-refractivity contribution in [2.75, 3.05) is 38.7 Å². The van der Waals surface area contributed by atoms with Crippen LogP contribution >= 0.6 is 11.8 Å². The lowest BCUT2D eigenvalue weighted by atomic mass is 10.2. The van der Waals surface area contributed by atoms with Crippen molar-refractivity contribution in [3.05, 3.63) is 0 Å². The van der Waals surface area contributed by atoms with E-state index in [-0.39, 0.29) is 12.6 Å². The molecule has 0 N–H and O–H groups in total. The third kappa shape index (κ3) is 5.27. The van der Waals surface area contributed by atoms with E-state index in [1.807, 2.05) is 11.8 Å². The minimum absolute atomic E-state index is 0.0698. The lowest BCUT2D eigenvalue weighted by molar-refractivity contribution is -0.148. The Balaban J connectivity index is 2.11. The van der Waals surface area contributed by atoms with E-state index in [9.17, 15) is 4.79 Å². The van der Waals surface area contributed by atoms with Crippen LogP contribution in [0.4, 0.5) is 0 Å². The third-order valence-electron chi connectivity index (χ3n) is 3.06. The fourth-order valence-electron chi connectivity index (χ4n) is 1.85. The molecule has 17 heavy (non-hydrogen) atoms. The monoisotopic (exact) mass is 261 g/mol. The van der Waals surface area contributed by atoms with Crippen molar-refractivity contribution >= 4 is 17.7 Å². The molecule has 1 aliphatic heterocycles. The van der Waals surface area contributed by atoms with Crippen LogP contribution in [0.5, 0.6) is 0 Å². The zero-order chi connectivity index (χ0) is 12.7. The van der Waals surface area contributed by atoms with Gasteiger partial charge in [0.2, 0.25) is 0 Å². The summed E-state index contributed by atoms with van der Waals surface area (Å²) >= 11 is 2.02. The highest BCUT2D eigenvalue weighted by atomic mass is 32.2. The Morgan fingerprint density at radius 1 is 1.47 bits per heavy atom. The lowest BCUT2D eigenvalue weighted by Gasteiger charge is -2.37. The van der Waals surface area contributed by atoms with Crippen molar-refractivity contribution in [3.63, 3.8) is 0 Å². The summed E-state index contributed by atoms with van der Waals surface area (Å²) in [4.78, 5) is 13.5. The van der Waals surface area contributed by atoms with Gasteiger partial charge in [0.1, 0.15) is 6.61 Å². The average molecular weight is 261 g/mol. The van der Waals surface area contributed by atoms with Gasteiger partial charge in [-0.25, -0.2) is 4.79 Å². The molecule has 0 spiro atoms. The SMILES string of the molecule is CCOC(=O)COCCN1CCSC(C)C1C. The molecule has 1 rings (SSSR count). The van der Waals surface area contributed by atoms with Crippen LogP contribution < -0.4 is 0 Å². The average Bonchev–Trinajstić information content (AvgIpc) is 2.30. The summed E-state index contributed by atoms with van der Waals surface area (Å²) in [6, 6.07) is 0.583. The molecule has 4 nitrogen and oxygen atoms in total. The van der Waals surface area contributed by atoms with Gasteiger partial charge in [0.25, 0.3) is 0 Å². The van der Waals surface area contributed by atoms with Crippen molar-refractivity contribution in [2.24, 2.45) is 0 Å². The van der Waals surface area contributed by atoms with Crippen LogP contribution in [-0.2, 0) is 14.3 Å². The van der Waals surface area contributed by atoms with Gasteiger partial charge < -0.3 is 9.47 Å². The highest BCUT2D eigenvalue weighted by Crippen LogP contribution is 2.23. The van der Waals surface area contributed by atoms with E-state index in [0.717, 1.165) is 13.1 Å². The number of carbonyl (C=O) groups excluding carboxylic acids is 1. The van der Waals surface area contributed by atoms with Crippen molar-refractivity contribution in [3.8, 4) is 0 Å². The molecule has 1 saturated heterocycles. The molecule has 0 aliphatic carbocycles. The van der Waals surface area contributed by atoms with Crippen LogP contribution in [0.2, 0.25) is 0 Å². The van der Waals surface area contributed by atoms with Gasteiger partial charge >= 0.3 is 5.97 Å². The maximum Gasteiger partial charge on any atom is 0.332 e. The van der Waals surface area contributed by atoms with Crippen molar-refractivity contribution in [1.82, 2.24) is 4.90 Å². The number of thioether (sulfide) groups is 1. The second kappa shape index (κ2) is 7.95. The topological polar surface area (TPSA) is 38.8 Å². The summed E-state index contributed by atoms with van der Waals surface area (Å²) in [7, 11) is 0. The molecule has 1 heterocycles. The number of nitrogens with zero attached hydrogens (tertiary/aromatic N) is 1. The first-order valence-electron chi connectivity index (χ1n) is 6.24. The highest BCUT2D eigenvalue weighted by molar-refractivity contribution is 8.00. The summed E-state index contributed by atoms with van der Waals surface area (Å²) < 4.78 is 10.1. The molecule has 5 heteroatoms. The van der Waals surface area contributed by atoms with Crippen molar-refractivity contribution < 1.29 is 14.3 Å². The summed E-state index contributed by atoms with van der Waals surface area (Å²) in [5, 5.41) is 0.675. The minimum Gasteiger partial charge on any atom is -0.464 e. The van der Waals surface area contributed by atoms with Gasteiger partial charge in [0, 0.05) is 30.1 Å². The van der Waals surface area contributed by atoms with Crippen LogP contribution in [0.15, 0.2) is 0 Å². The van der Waals surface area contributed by atoms with Gasteiger partial charge in [-0.15, -0.1) is 0 Å². The zero-order valence-corrected chi connectivity index (χ0v) is 11.8. The first-order chi connectivity index (χ1) is 8.15. The maximum absolute atomic E-state index is 11.0. The van der Waals surface area contributed by atoms with Gasteiger partial charge in [-0.2, -0.15) is 11.8 Å². The van der Waals surface area contributed by atoms with Gasteiger partial charge in [-0.05, 0) is 13.8 Å². The second-order valence-electron chi connectivity index (χ2n) is 4.21. The Morgan fingerprint density at radius 2 is 2.24 bits per heavy atom. The predicted molar refractivity (Wildman–Crippen MR) is 70.4 cm³/mol. The van der Waals surface area contributed by atoms with E-state index in [1.54, 1.807) is 6.92 Å². The fraction of sp³-hybridized carbons (Fsp3) is 0.917. The number of hydrogen-bond donors (Lipinski definition) is 0. The summed E-state index contributed by atoms with van der Waals surface area (Å²) in [5.41, 5.74) is 0. The standard InChI is InChI=1S/C12H23NO3S/c1-4-16-12(14)9-15-7-5-13-6-8-17-11(3)10(13)2/h10-11H,4-9H2,1-3H3. The Labute approximate surface area is 108 Å². The van der Waals surface area contributed by atoms with Gasteiger partial charge in [0.05, 0.1) is 13.2 Å². The second-order valence-corrected chi connectivity index (χ2v) is 5.70. The summed E-state index contributed by atoms with van der Waals surface area (Å²) in [5.74, 6) is 0.909. The summed E-state index contributed by atoms with van der Waals surface area (Å²) in [6.45, 7) is 9.40. The van der Waals surface area contributed by atoms with E-state index in [4.69, 9.17) is 9.47 Å². The fourth-order valence-corrected chi connectivity index (χ4v) is 3.01. The van der Waals surface area contributed by atoms with E-state index in [2.05, 4.69) is 18.7 Å². The van der Waals surface area contributed by atoms with E-state index >= 15 is 0 Å². The Kier molecular flexibility index (Phi) is 6.92. The molecule has 0 bridgehead atoms. The van der Waals surface area contributed by atoms with Gasteiger partial charge in [0.15, 0.2) is 0 Å². The molecule has 2 atom stereocenters. The normalized spacial score (nSPS) is 25.8. The smallest absolute Gasteiger partial charge is 0.332 e. The lowest BCUT2D eigenvalue weighted by Crippen LogP contribution is -2.46. The molecule has 2 unspecified atom stereocenters. The Hall–Kier alpha value is -0.260. The largest absolute Gasteiger partial charge is 0.464 e. The molecule has 1 aliphatic rings. The zero-order valence-electron chi connectivity index (χ0n) is 11.0. The molecule has 1 fully saturated rings. The van der Waals surface area contributed by atoms with Crippen molar-refractivity contribution in [2.45, 2.75) is 32.1 Å². The Bertz CT molecular complexity index is 238. The predicted octanol–water partition coefficient (Wildman–Crippen LogP) is 1.39. The number of carbonyl (C=O) groups is 1. The van der Waals surface area contributed by atoms with Crippen LogP contribution in [0.3, 0.4) is 0 Å². The third-order valence-corrected chi connectivity index (χ3v) is 4.40. The van der Waals surface area contributed by atoms with Crippen LogP contribution in [0.1, 0.15) is 20.8 Å². The van der Waals surface area contributed by atoms with E-state index in [1.165, 1.54) is 5.75 Å². The van der Waals surface area contributed by atoms with Crippen molar-refractivity contribution in [1.29, 1.82) is 0 Å². The molecule has 0 aromatic carbocycles. The van der Waals surface area contributed by atoms with Crippen LogP contribution in [0, 0.1) is 0 Å². The summed E-state index contributed by atoms with van der Waals surface area (Å²) in [6.07, 6.45) is 0. The highest BCUT2D eigenvalue weighted by Gasteiger charge is 2.24. The first kappa shape index (κ1) is 14.8. The molecular formula is C12H23NO3S. The van der Waals surface area contributed by atoms with Crippen LogP contribution in [-0.4, -0.2) is 60.8 Å². The molecule has 0 amide bonds. The quantitative estimate of drug-likeness (QED) is 0.534. The molecule has 0 aromatic rings. The number of esters is 1. The molecule has 0 aromatic heterocycles. The maximum atomic E-state index is 11.0. The molecular weight excluding hydrogens is 238 g/mol. The Morgan fingerprint density at radius 3 is 2.94 bits per heavy atom. The first-order valence-corrected chi connectivity index (χ1v) is 7.29. The molecule has 100 valence electrons. The number of hydrogen-bond acceptors (Lipinski definition) is 5. The van der Waals surface area contributed by atoms with E-state index < -0.39 is 0 Å². The van der Waals surface area contributed by atoms with Crippen LogP contribution in [0.25, 0.3) is 0 Å². The minimum atomic E-state index is -0.275. The number of rotatable bonds is 6. The number of ether oxygens (including phenoxy) is 2. The van der Waals surface area contributed by atoms with E-state index in [0.29, 0.717) is 24.5 Å². The molecule has 0 radical (unpaired) electrons. The van der Waals surface area contributed by atoms with Gasteiger partial charge in [-0.3, -0.25) is 4.90 Å². The van der Waals surface area contributed by atoms with Gasteiger partial charge in [-0.1, -0.05) is 6.92 Å².